The van der Waals surface area contributed by atoms with Crippen molar-refractivity contribution < 1.29 is 19.2 Å². The fourth-order valence-corrected chi connectivity index (χ4v) is 4.73. The predicted molar refractivity (Wildman–Crippen MR) is 191 cm³/mol. The number of aromatic nitrogens is 2. The maximum Gasteiger partial charge on any atom is 0.152 e. The van der Waals surface area contributed by atoms with Gasteiger partial charge < -0.3 is 29.8 Å². The van der Waals surface area contributed by atoms with Crippen LogP contribution in [0.25, 0.3) is 5.70 Å². The van der Waals surface area contributed by atoms with Crippen LogP contribution in [-0.2, 0) is 9.32 Å². The molecule has 10 heteroatoms. The molecule has 0 bridgehead atoms. The zero-order valence-corrected chi connectivity index (χ0v) is 29.3. The van der Waals surface area contributed by atoms with Crippen LogP contribution in [0, 0.1) is 25.7 Å². The molecule has 0 amide bonds. The Labute approximate surface area is 273 Å². The van der Waals surface area contributed by atoms with E-state index in [9.17, 15) is 5.11 Å². The number of rotatable bonds is 13. The van der Waals surface area contributed by atoms with Crippen molar-refractivity contribution in [2.45, 2.75) is 65.9 Å². The lowest BCUT2D eigenvalue weighted by atomic mass is 9.94. The number of halogens is 1. The second-order valence-electron chi connectivity index (χ2n) is 9.51. The van der Waals surface area contributed by atoms with Crippen molar-refractivity contribution >= 4 is 46.8 Å². The summed E-state index contributed by atoms with van der Waals surface area (Å²) in [5.41, 5.74) is 3.76. The van der Waals surface area contributed by atoms with E-state index in [0.29, 0.717) is 59.7 Å². The quantitative estimate of drug-likeness (QED) is 0.0821. The molecule has 0 aromatic carbocycles. The highest BCUT2D eigenvalue weighted by Crippen LogP contribution is 2.41. The highest BCUT2D eigenvalue weighted by molar-refractivity contribution is 14.2. The highest BCUT2D eigenvalue weighted by atomic mass is 127. The van der Waals surface area contributed by atoms with Crippen LogP contribution in [-0.4, -0.2) is 42.1 Å². The van der Waals surface area contributed by atoms with E-state index in [1.54, 1.807) is 18.6 Å². The van der Waals surface area contributed by atoms with Crippen LogP contribution < -0.4 is 15.4 Å². The van der Waals surface area contributed by atoms with Gasteiger partial charge in [-0.2, -0.15) is 0 Å². The second-order valence-corrected chi connectivity index (χ2v) is 11.3. The molecule has 3 unspecified atom stereocenters. The minimum absolute atomic E-state index is 0.442. The zero-order valence-electron chi connectivity index (χ0n) is 26.2. The Morgan fingerprint density at radius 1 is 1.26 bits per heavy atom. The summed E-state index contributed by atoms with van der Waals surface area (Å²) >= 11 is 2.22. The third kappa shape index (κ3) is 14.5. The Morgan fingerprint density at radius 3 is 2.56 bits per heavy atom. The number of aliphatic hydroxyl groups is 1. The molecule has 0 fully saturated rings. The van der Waals surface area contributed by atoms with Crippen LogP contribution in [0.2, 0.25) is 0 Å². The van der Waals surface area contributed by atoms with Crippen molar-refractivity contribution in [1.82, 2.24) is 15.3 Å². The summed E-state index contributed by atoms with van der Waals surface area (Å²) < 4.78 is 11.7. The number of nitrogens with zero attached hydrogens (tertiary/aromatic N) is 2. The van der Waals surface area contributed by atoms with E-state index in [-0.39, 0.29) is 0 Å². The molecular weight excluding hydrogens is 674 g/mol. The van der Waals surface area contributed by atoms with Crippen LogP contribution in [0.3, 0.4) is 0 Å². The number of unbranched alkanes of at least 4 members (excludes halogenated alkanes) is 1. The van der Waals surface area contributed by atoms with E-state index in [1.165, 1.54) is 12.8 Å². The lowest BCUT2D eigenvalue weighted by Crippen LogP contribution is -2.16. The summed E-state index contributed by atoms with van der Waals surface area (Å²) in [4.78, 5) is 16.9. The summed E-state index contributed by atoms with van der Waals surface area (Å²) in [5, 5.41) is 18.2. The maximum absolute atomic E-state index is 11.7. The van der Waals surface area contributed by atoms with Gasteiger partial charge in [-0.1, -0.05) is 58.4 Å². The number of ether oxygens (including phenoxy) is 1. The van der Waals surface area contributed by atoms with Gasteiger partial charge in [0.1, 0.15) is 24.5 Å². The molecule has 2 aromatic heterocycles. The number of hydrogen-bond acceptors (Lipinski definition) is 8. The SMILES string of the molecule is C#C.C=C(NC)c1c(NCCCOPI)ncc(Oc2cncc(C)c2)c1C(O)C1=CCCC(C)C=C1.C=O.CCCC. The Morgan fingerprint density at radius 2 is 1.95 bits per heavy atom. The van der Waals surface area contributed by atoms with Crippen molar-refractivity contribution in [3.05, 3.63) is 71.7 Å². The Balaban J connectivity index is 0.00000200. The molecule has 8 nitrogen and oxygen atoms in total. The average molecular weight is 723 g/mol. The van der Waals surface area contributed by atoms with Gasteiger partial charge in [-0.05, 0) is 71.3 Å². The van der Waals surface area contributed by atoms with Crippen LogP contribution in [0.4, 0.5) is 5.82 Å². The summed E-state index contributed by atoms with van der Waals surface area (Å²) in [6, 6.07) is 1.90. The number of allylic oxidation sites excluding steroid dienone is 2. The zero-order chi connectivity index (χ0) is 32.6. The topological polar surface area (TPSA) is 106 Å². The number of carbonyl (C=O) groups is 1. The van der Waals surface area contributed by atoms with Crippen LogP contribution in [0.1, 0.15) is 75.7 Å². The molecular formula is C33H48IN4O4P. The highest BCUT2D eigenvalue weighted by Gasteiger charge is 2.26. The number of carbonyl (C=O) groups excluding carboxylic acids is 1. The summed E-state index contributed by atoms with van der Waals surface area (Å²) in [5.74, 6) is 2.13. The third-order valence-electron chi connectivity index (χ3n) is 6.24. The summed E-state index contributed by atoms with van der Waals surface area (Å²) in [6.07, 6.45) is 23.8. The van der Waals surface area contributed by atoms with Crippen LogP contribution >= 0.6 is 28.5 Å². The average Bonchev–Trinajstić information content (AvgIpc) is 3.26. The first-order valence-electron chi connectivity index (χ1n) is 14.2. The molecule has 0 spiro atoms. The van der Waals surface area contributed by atoms with Crippen LogP contribution in [0.5, 0.6) is 11.5 Å². The molecule has 43 heavy (non-hydrogen) atoms. The number of nitrogens with one attached hydrogen (secondary N) is 2. The van der Waals surface area contributed by atoms with Gasteiger partial charge in [0.2, 0.25) is 0 Å². The number of aryl methyl sites for hydroxylation is 1. The molecule has 0 saturated heterocycles. The molecule has 1 aliphatic rings. The predicted octanol–water partition coefficient (Wildman–Crippen LogP) is 8.35. The number of anilines is 1. The molecule has 2 aromatic rings. The molecule has 0 radical (unpaired) electrons. The van der Waals surface area contributed by atoms with Gasteiger partial charge in [-0.15, -0.1) is 12.8 Å². The first kappa shape index (κ1) is 40.2. The van der Waals surface area contributed by atoms with Crippen molar-refractivity contribution in [2.24, 2.45) is 5.92 Å². The molecule has 0 aliphatic heterocycles. The van der Waals surface area contributed by atoms with Crippen molar-refractivity contribution in [3.63, 3.8) is 0 Å². The Hall–Kier alpha value is -2.77. The van der Waals surface area contributed by atoms with E-state index in [2.05, 4.69) is 95.0 Å². The molecule has 2 heterocycles. The fourth-order valence-electron chi connectivity index (χ4n) is 3.85. The fraction of sp³-hybridized carbons (Fsp3) is 0.424. The van der Waals surface area contributed by atoms with Gasteiger partial charge >= 0.3 is 0 Å². The second kappa shape index (κ2) is 24.6. The van der Waals surface area contributed by atoms with E-state index in [1.807, 2.05) is 32.9 Å². The van der Waals surface area contributed by atoms with Gasteiger partial charge in [0.25, 0.3) is 0 Å². The van der Waals surface area contributed by atoms with E-state index < -0.39 is 6.10 Å². The van der Waals surface area contributed by atoms with E-state index in [0.717, 1.165) is 30.4 Å². The molecule has 3 atom stereocenters. The van der Waals surface area contributed by atoms with Crippen molar-refractivity contribution in [2.75, 3.05) is 25.5 Å². The smallest absolute Gasteiger partial charge is 0.152 e. The molecule has 0 saturated carbocycles. The van der Waals surface area contributed by atoms with Gasteiger partial charge in [-0.25, -0.2) is 4.98 Å². The minimum atomic E-state index is -0.920. The Bertz CT molecular complexity index is 1170. The first-order valence-corrected chi connectivity index (χ1v) is 18.3. The summed E-state index contributed by atoms with van der Waals surface area (Å²) in [7, 11) is 1.81. The van der Waals surface area contributed by atoms with E-state index >= 15 is 0 Å². The molecule has 3 N–H and O–H groups in total. The lowest BCUT2D eigenvalue weighted by molar-refractivity contribution is -0.0980. The standard InChI is InChI=1S/C26H34IN4O3P.C4H10.C2H2.CH2O/c1-17-7-5-8-20(10-9-17)25(32)24-22(34-21-13-18(2)14-29-15-21)16-31-26(23(24)19(3)28-4)30-11-6-12-33-35-27;1-3-4-2;2*1-2/h8-10,13-17,25,28,32,35H,3,5-7,11-12H2,1-2,4H3,(H,30,31);3-4H2,1-2H3;1-2H;1H2. The molecule has 3 rings (SSSR count). The monoisotopic (exact) mass is 722 g/mol. The Kier molecular flexibility index (Phi) is 23.1. The number of hydrogen-bond donors (Lipinski definition) is 3. The van der Waals surface area contributed by atoms with Gasteiger partial charge in [0, 0.05) is 36.6 Å². The third-order valence-corrected chi connectivity index (χ3v) is 7.49. The maximum atomic E-state index is 11.7. The van der Waals surface area contributed by atoms with Gasteiger partial charge in [0.15, 0.2) is 5.75 Å². The number of pyridine rings is 2. The van der Waals surface area contributed by atoms with Crippen LogP contribution in [0.15, 0.2) is 55.0 Å². The molecule has 236 valence electrons. The summed E-state index contributed by atoms with van der Waals surface area (Å²) in [6.45, 7) is 16.5. The lowest BCUT2D eigenvalue weighted by Gasteiger charge is -2.24. The van der Waals surface area contributed by atoms with Gasteiger partial charge in [-0.3, -0.25) is 4.98 Å². The van der Waals surface area contributed by atoms with Gasteiger partial charge in [0.05, 0.1) is 25.5 Å². The molecule has 1 aliphatic carbocycles. The van der Waals surface area contributed by atoms with Crippen molar-refractivity contribution in [1.29, 1.82) is 0 Å². The largest absolute Gasteiger partial charge is 0.454 e. The minimum Gasteiger partial charge on any atom is -0.454 e. The normalized spacial score (nSPS) is 14.3. The first-order chi connectivity index (χ1) is 20.9. The van der Waals surface area contributed by atoms with Crippen molar-refractivity contribution in [3.8, 4) is 24.3 Å². The van der Waals surface area contributed by atoms with E-state index in [4.69, 9.17) is 14.1 Å². The number of aliphatic hydroxyl groups excluding tert-OH is 1. The number of terminal acetylenes is 1.